The van der Waals surface area contributed by atoms with E-state index in [1.165, 1.54) is 11.0 Å². The van der Waals surface area contributed by atoms with Crippen molar-refractivity contribution in [2.24, 2.45) is 11.8 Å². The number of amides is 5. The second-order valence-electron chi connectivity index (χ2n) is 16.1. The number of nitrogens with zero attached hydrogens (tertiary/aromatic N) is 4. The molecule has 4 heterocycles. The van der Waals surface area contributed by atoms with Gasteiger partial charge in [-0.15, -0.1) is 6.58 Å². The van der Waals surface area contributed by atoms with Crippen LogP contribution in [0.15, 0.2) is 36.9 Å². The second kappa shape index (κ2) is 15.3. The van der Waals surface area contributed by atoms with E-state index in [0.29, 0.717) is 62.5 Å². The highest BCUT2D eigenvalue weighted by atomic mass is 32.2. The molecule has 16 heteroatoms. The van der Waals surface area contributed by atoms with Crippen LogP contribution in [0.2, 0.25) is 0 Å². The Hall–Kier alpha value is -4.31. The van der Waals surface area contributed by atoms with E-state index in [0.717, 1.165) is 50.5 Å². The molecule has 1 aromatic carbocycles. The van der Waals surface area contributed by atoms with Crippen LogP contribution >= 0.6 is 0 Å². The van der Waals surface area contributed by atoms with Crippen LogP contribution in [-0.4, -0.2) is 113 Å². The molecule has 3 aliphatic heterocycles. The Balaban J connectivity index is 1.11. The number of rotatable bonds is 7. The van der Waals surface area contributed by atoms with Gasteiger partial charge in [0.05, 0.1) is 28.9 Å². The van der Waals surface area contributed by atoms with Gasteiger partial charge in [-0.1, -0.05) is 37.5 Å². The molecule has 0 spiro atoms. The highest BCUT2D eigenvalue weighted by Crippen LogP contribution is 2.45. The van der Waals surface area contributed by atoms with Gasteiger partial charge in [-0.2, -0.15) is 0 Å². The minimum Gasteiger partial charge on any atom is -0.471 e. The molecular weight excluding hydrogens is 727 g/mol. The maximum atomic E-state index is 14.8. The van der Waals surface area contributed by atoms with Crippen molar-refractivity contribution in [3.05, 3.63) is 42.6 Å². The molecule has 2 saturated heterocycles. The lowest BCUT2D eigenvalue weighted by atomic mass is 9.96. The number of aromatic nitrogens is 2. The Morgan fingerprint density at radius 3 is 2.45 bits per heavy atom. The van der Waals surface area contributed by atoms with Crippen molar-refractivity contribution in [2.75, 3.05) is 26.2 Å². The SMILES string of the molecule is C=C[C@@H]1C[C@]1(NC(=O)[C@@H]1C[C@@H]2CN1C(=O)[C@H](C1CCCC1)NC(=O)N1CC[C@@H](C1)OCCCCCc1nc3ccccc3nc1O2)C(=O)NS(=O)(=O)C1CC1. The lowest BCUT2D eigenvalue weighted by Crippen LogP contribution is -2.59. The third-order valence-electron chi connectivity index (χ3n) is 12.2. The monoisotopic (exact) mass is 777 g/mol. The number of aryl methyl sites for hydroxylation is 1. The van der Waals surface area contributed by atoms with E-state index in [-0.39, 0.29) is 37.4 Å². The third kappa shape index (κ3) is 7.89. The minimum absolute atomic E-state index is 0.0315. The second-order valence-corrected chi connectivity index (χ2v) is 18.1. The highest BCUT2D eigenvalue weighted by Gasteiger charge is 2.62. The number of hydrogen-bond acceptors (Lipinski definition) is 10. The molecule has 15 nitrogen and oxygen atoms in total. The number of para-hydroxylation sites is 2. The fourth-order valence-electron chi connectivity index (χ4n) is 8.77. The van der Waals surface area contributed by atoms with Gasteiger partial charge in [-0.25, -0.2) is 23.2 Å². The summed E-state index contributed by atoms with van der Waals surface area (Å²) in [4.78, 5) is 69.6. The summed E-state index contributed by atoms with van der Waals surface area (Å²) in [6.07, 6.45) is 9.22. The summed E-state index contributed by atoms with van der Waals surface area (Å²) in [5, 5.41) is 5.30. The molecule has 1 aromatic heterocycles. The molecule has 0 radical (unpaired) electrons. The summed E-state index contributed by atoms with van der Waals surface area (Å²) in [5.74, 6) is -2.09. The Bertz CT molecular complexity index is 1950. The summed E-state index contributed by atoms with van der Waals surface area (Å²) < 4.78 is 40.5. The van der Waals surface area contributed by atoms with Gasteiger partial charge < -0.3 is 29.9 Å². The zero-order valence-corrected chi connectivity index (χ0v) is 31.9. The average molecular weight is 778 g/mol. The summed E-state index contributed by atoms with van der Waals surface area (Å²) in [6, 6.07) is 5.24. The van der Waals surface area contributed by atoms with Crippen LogP contribution in [0.3, 0.4) is 0 Å². The molecule has 55 heavy (non-hydrogen) atoms. The van der Waals surface area contributed by atoms with Crippen molar-refractivity contribution < 1.29 is 37.1 Å². The third-order valence-corrected chi connectivity index (χ3v) is 14.1. The Morgan fingerprint density at radius 1 is 0.964 bits per heavy atom. The number of carbonyl (C=O) groups excluding carboxylic acids is 4. The molecule has 8 rings (SSSR count). The lowest BCUT2D eigenvalue weighted by Gasteiger charge is -2.33. The van der Waals surface area contributed by atoms with E-state index in [1.54, 1.807) is 4.90 Å². The van der Waals surface area contributed by atoms with Gasteiger partial charge >= 0.3 is 6.03 Å². The number of benzene rings is 1. The number of nitrogens with one attached hydrogen (secondary N) is 3. The summed E-state index contributed by atoms with van der Waals surface area (Å²) >= 11 is 0. The van der Waals surface area contributed by atoms with E-state index in [1.807, 2.05) is 24.3 Å². The molecule has 3 aliphatic carbocycles. The topological polar surface area (TPSA) is 189 Å². The normalized spacial score (nSPS) is 30.7. The van der Waals surface area contributed by atoms with Crippen molar-refractivity contribution in [3.63, 3.8) is 0 Å². The summed E-state index contributed by atoms with van der Waals surface area (Å²) in [5.41, 5.74) is 0.552. The van der Waals surface area contributed by atoms with Crippen LogP contribution in [-0.2, 0) is 35.6 Å². The molecule has 6 aliphatic rings. The van der Waals surface area contributed by atoms with Crippen molar-refractivity contribution in [2.45, 2.75) is 119 Å². The van der Waals surface area contributed by atoms with E-state index in [9.17, 15) is 27.6 Å². The Kier molecular flexibility index (Phi) is 10.5. The molecule has 3 N–H and O–H groups in total. The van der Waals surface area contributed by atoms with Gasteiger partial charge in [0.25, 0.3) is 5.91 Å². The lowest BCUT2D eigenvalue weighted by molar-refractivity contribution is -0.142. The standard InChI is InChI=1S/C39H51N7O8S/c1-2-25-21-39(25,37(49)44-55(51,52)28-15-16-28)43-34(47)32-20-27-23-46(32)36(48)33(24-10-5-6-11-24)42-38(50)45-18-17-26(22-45)53-19-9-3-4-14-31-35(54-27)41-30-13-8-7-12-29(30)40-31/h2,7-8,12-13,24-28,32-33H,1,3-6,9-11,14-23H2,(H,42,50)(H,43,47)(H,44,49)/t25-,26+,27-,32+,33+,39-/m1/s1. The van der Waals surface area contributed by atoms with E-state index in [2.05, 4.69) is 21.9 Å². The zero-order valence-electron chi connectivity index (χ0n) is 31.1. The van der Waals surface area contributed by atoms with Crippen LogP contribution in [0, 0.1) is 11.8 Å². The number of sulfonamides is 1. The van der Waals surface area contributed by atoms with Gasteiger partial charge in [0, 0.05) is 32.0 Å². The molecule has 5 fully saturated rings. The van der Waals surface area contributed by atoms with Crippen LogP contribution < -0.4 is 20.1 Å². The maximum absolute atomic E-state index is 14.8. The first kappa shape index (κ1) is 37.6. The van der Waals surface area contributed by atoms with Crippen LogP contribution in [0.4, 0.5) is 4.79 Å². The van der Waals surface area contributed by atoms with E-state index >= 15 is 0 Å². The quantitative estimate of drug-likeness (QED) is 0.353. The maximum Gasteiger partial charge on any atom is 0.318 e. The molecule has 2 aromatic rings. The fourth-order valence-corrected chi connectivity index (χ4v) is 10.1. The predicted octanol–water partition coefficient (Wildman–Crippen LogP) is 2.73. The largest absolute Gasteiger partial charge is 0.471 e. The van der Waals surface area contributed by atoms with Crippen LogP contribution in [0.5, 0.6) is 5.88 Å². The first-order valence-electron chi connectivity index (χ1n) is 19.9. The molecule has 296 valence electrons. The summed E-state index contributed by atoms with van der Waals surface area (Å²) in [7, 11) is -3.89. The van der Waals surface area contributed by atoms with Crippen LogP contribution in [0.25, 0.3) is 11.0 Å². The zero-order chi connectivity index (χ0) is 38.3. The number of carbonyl (C=O) groups is 4. The van der Waals surface area contributed by atoms with Crippen molar-refractivity contribution >= 4 is 44.8 Å². The first-order valence-corrected chi connectivity index (χ1v) is 21.5. The van der Waals surface area contributed by atoms with Crippen molar-refractivity contribution in [1.82, 2.24) is 35.1 Å². The minimum atomic E-state index is -3.89. The van der Waals surface area contributed by atoms with Gasteiger partial charge in [0.1, 0.15) is 29.4 Å². The van der Waals surface area contributed by atoms with Gasteiger partial charge in [0.2, 0.25) is 27.7 Å². The van der Waals surface area contributed by atoms with E-state index < -0.39 is 62.6 Å². The summed E-state index contributed by atoms with van der Waals surface area (Å²) in [6.45, 7) is 5.38. The number of fused-ring (bicyclic) bond motifs is 6. The first-order chi connectivity index (χ1) is 26.5. The van der Waals surface area contributed by atoms with Crippen LogP contribution in [0.1, 0.15) is 82.7 Å². The average Bonchev–Trinajstić information content (AvgIpc) is 3.94. The number of hydrogen-bond donors (Lipinski definition) is 3. The smallest absolute Gasteiger partial charge is 0.318 e. The molecule has 3 saturated carbocycles. The van der Waals surface area contributed by atoms with Gasteiger partial charge in [-0.05, 0) is 75.8 Å². The van der Waals surface area contributed by atoms with Gasteiger partial charge in [-0.3, -0.25) is 19.1 Å². The van der Waals surface area contributed by atoms with Crippen molar-refractivity contribution in [3.8, 4) is 5.88 Å². The highest BCUT2D eigenvalue weighted by molar-refractivity contribution is 7.91. The fraction of sp³-hybridized carbons (Fsp3) is 0.641. The van der Waals surface area contributed by atoms with Gasteiger partial charge in [0.15, 0.2) is 0 Å². The Morgan fingerprint density at radius 2 is 1.73 bits per heavy atom. The molecule has 6 atom stereocenters. The molecule has 5 amide bonds. The number of urea groups is 1. The number of ether oxygens (including phenoxy) is 2. The predicted molar refractivity (Wildman–Crippen MR) is 201 cm³/mol. The molecule has 0 unspecified atom stereocenters. The Labute approximate surface area is 321 Å². The molecule has 4 bridgehead atoms. The van der Waals surface area contributed by atoms with Crippen molar-refractivity contribution in [1.29, 1.82) is 0 Å². The molecular formula is C39H51N7O8S. The van der Waals surface area contributed by atoms with E-state index in [4.69, 9.17) is 19.4 Å².